The molecule has 0 fully saturated rings. The summed E-state index contributed by atoms with van der Waals surface area (Å²) < 4.78 is 6.04. The van der Waals surface area contributed by atoms with Crippen LogP contribution in [0.2, 0.25) is 5.02 Å². The summed E-state index contributed by atoms with van der Waals surface area (Å²) in [5.74, 6) is 0.488. The van der Waals surface area contributed by atoms with Crippen LogP contribution in [0.15, 0.2) is 22.7 Å². The lowest BCUT2D eigenvalue weighted by Gasteiger charge is -2.06. The van der Waals surface area contributed by atoms with Gasteiger partial charge in [-0.15, -0.1) is 0 Å². The van der Waals surface area contributed by atoms with Crippen molar-refractivity contribution in [3.8, 4) is 5.75 Å². The van der Waals surface area contributed by atoms with Crippen molar-refractivity contribution in [3.63, 3.8) is 0 Å². The van der Waals surface area contributed by atoms with Gasteiger partial charge in [0.25, 0.3) is 0 Å². The predicted molar refractivity (Wildman–Crippen MR) is 56.6 cm³/mol. The van der Waals surface area contributed by atoms with Crippen LogP contribution in [0.25, 0.3) is 0 Å². The minimum absolute atomic E-state index is 0.0314. The quantitative estimate of drug-likeness (QED) is 0.650. The Morgan fingerprint density at radius 2 is 2.31 bits per heavy atom. The van der Waals surface area contributed by atoms with Crippen molar-refractivity contribution in [1.29, 1.82) is 5.41 Å². The Morgan fingerprint density at radius 3 is 2.92 bits per heavy atom. The molecule has 3 nitrogen and oxygen atoms in total. The number of hydrogen-bond donors (Lipinski definition) is 2. The van der Waals surface area contributed by atoms with Crippen molar-refractivity contribution >= 4 is 33.4 Å². The summed E-state index contributed by atoms with van der Waals surface area (Å²) in [4.78, 5) is 0. The summed E-state index contributed by atoms with van der Waals surface area (Å²) in [6, 6.07) is 5.25. The van der Waals surface area contributed by atoms with Crippen LogP contribution in [0.1, 0.15) is 0 Å². The molecule has 5 heteroatoms. The standard InChI is InChI=1S/C8H8BrClN2O/c9-5-1-2-6(10)7(3-5)13-4-8(11)12/h1-3H,4H2,(H3,11,12). The highest BCUT2D eigenvalue weighted by Crippen LogP contribution is 2.27. The molecular weight excluding hydrogens is 255 g/mol. The highest BCUT2D eigenvalue weighted by molar-refractivity contribution is 9.10. The molecule has 0 aliphatic carbocycles. The van der Waals surface area contributed by atoms with Crippen molar-refractivity contribution in [1.82, 2.24) is 0 Å². The number of hydrogen-bond acceptors (Lipinski definition) is 2. The molecule has 0 saturated heterocycles. The third-order valence-corrected chi connectivity index (χ3v) is 2.08. The molecule has 1 rings (SSSR count). The lowest BCUT2D eigenvalue weighted by atomic mass is 10.3. The van der Waals surface area contributed by atoms with Gasteiger partial charge in [-0.1, -0.05) is 27.5 Å². The summed E-state index contributed by atoms with van der Waals surface area (Å²) in [5, 5.41) is 7.47. The second-order valence-corrected chi connectivity index (χ2v) is 3.71. The van der Waals surface area contributed by atoms with Crippen molar-refractivity contribution in [2.45, 2.75) is 0 Å². The largest absolute Gasteiger partial charge is 0.484 e. The Labute approximate surface area is 89.5 Å². The average Bonchev–Trinajstić information content (AvgIpc) is 2.06. The van der Waals surface area contributed by atoms with Crippen molar-refractivity contribution in [2.75, 3.05) is 6.61 Å². The Hall–Kier alpha value is -0.740. The molecule has 0 radical (unpaired) electrons. The van der Waals surface area contributed by atoms with Crippen LogP contribution < -0.4 is 10.5 Å². The van der Waals surface area contributed by atoms with Crippen molar-refractivity contribution in [2.24, 2.45) is 5.73 Å². The third-order valence-electron chi connectivity index (χ3n) is 1.28. The molecule has 0 unspecified atom stereocenters. The molecular formula is C8H8BrClN2O. The van der Waals surface area contributed by atoms with Crippen LogP contribution in [-0.2, 0) is 0 Å². The molecule has 0 saturated carbocycles. The van der Waals surface area contributed by atoms with Gasteiger partial charge >= 0.3 is 0 Å². The van der Waals surface area contributed by atoms with Gasteiger partial charge in [0, 0.05) is 4.47 Å². The molecule has 0 bridgehead atoms. The molecule has 0 spiro atoms. The second kappa shape index (κ2) is 4.48. The maximum absolute atomic E-state index is 6.97. The van der Waals surface area contributed by atoms with Crippen molar-refractivity contribution in [3.05, 3.63) is 27.7 Å². The molecule has 0 amide bonds. The van der Waals surface area contributed by atoms with Gasteiger partial charge < -0.3 is 10.5 Å². The molecule has 0 aromatic heterocycles. The Kier molecular flexibility index (Phi) is 3.57. The number of nitrogens with one attached hydrogen (secondary N) is 1. The zero-order valence-corrected chi connectivity index (χ0v) is 9.02. The van der Waals surface area contributed by atoms with E-state index < -0.39 is 0 Å². The maximum atomic E-state index is 6.97. The van der Waals surface area contributed by atoms with E-state index in [1.165, 1.54) is 0 Å². The van der Waals surface area contributed by atoms with Crippen LogP contribution in [0.3, 0.4) is 0 Å². The SMILES string of the molecule is N=C(N)COc1cc(Br)ccc1Cl. The summed E-state index contributed by atoms with van der Waals surface area (Å²) >= 11 is 9.10. The van der Waals surface area contributed by atoms with Gasteiger partial charge in [-0.2, -0.15) is 0 Å². The molecule has 0 heterocycles. The van der Waals surface area contributed by atoms with Gasteiger partial charge in [0.2, 0.25) is 0 Å². The van der Waals surface area contributed by atoms with Gasteiger partial charge in [-0.05, 0) is 18.2 Å². The number of ether oxygens (including phenoxy) is 1. The van der Waals surface area contributed by atoms with Crippen LogP contribution in [0, 0.1) is 5.41 Å². The minimum atomic E-state index is -0.0314. The van der Waals surface area contributed by atoms with Gasteiger partial charge in [-0.25, -0.2) is 0 Å². The first-order valence-electron chi connectivity index (χ1n) is 3.50. The van der Waals surface area contributed by atoms with Crippen LogP contribution >= 0.6 is 27.5 Å². The highest BCUT2D eigenvalue weighted by Gasteiger charge is 2.02. The number of rotatable bonds is 3. The Bertz CT molecular complexity index is 330. The monoisotopic (exact) mass is 262 g/mol. The molecule has 13 heavy (non-hydrogen) atoms. The first-order valence-corrected chi connectivity index (χ1v) is 4.67. The van der Waals surface area contributed by atoms with Crippen molar-refractivity contribution < 1.29 is 4.74 Å². The summed E-state index contributed by atoms with van der Waals surface area (Å²) in [7, 11) is 0. The van der Waals surface area contributed by atoms with E-state index >= 15 is 0 Å². The maximum Gasteiger partial charge on any atom is 0.145 e. The van der Waals surface area contributed by atoms with Gasteiger partial charge in [0.15, 0.2) is 0 Å². The lowest BCUT2D eigenvalue weighted by molar-refractivity contribution is 0.374. The van der Waals surface area contributed by atoms with E-state index in [-0.39, 0.29) is 12.4 Å². The van der Waals surface area contributed by atoms with Gasteiger partial charge in [0.1, 0.15) is 18.2 Å². The molecule has 0 aliphatic rings. The van der Waals surface area contributed by atoms with E-state index in [9.17, 15) is 0 Å². The molecule has 1 aromatic carbocycles. The number of nitrogens with two attached hydrogens (primary N) is 1. The molecule has 70 valence electrons. The minimum Gasteiger partial charge on any atom is -0.484 e. The van der Waals surface area contributed by atoms with Crippen LogP contribution in [0.4, 0.5) is 0 Å². The Morgan fingerprint density at radius 1 is 1.62 bits per heavy atom. The number of amidine groups is 1. The van der Waals surface area contributed by atoms with E-state index in [2.05, 4.69) is 15.9 Å². The van der Waals surface area contributed by atoms with Gasteiger partial charge in [0.05, 0.1) is 5.02 Å². The molecule has 3 N–H and O–H groups in total. The predicted octanol–water partition coefficient (Wildman–Crippen LogP) is 2.42. The van der Waals surface area contributed by atoms with Crippen LogP contribution in [0.5, 0.6) is 5.75 Å². The summed E-state index contributed by atoms with van der Waals surface area (Å²) in [6.45, 7) is 0.0518. The lowest BCUT2D eigenvalue weighted by Crippen LogP contribution is -2.19. The second-order valence-electron chi connectivity index (χ2n) is 2.39. The fourth-order valence-electron chi connectivity index (χ4n) is 0.743. The fourth-order valence-corrected chi connectivity index (χ4v) is 1.26. The number of benzene rings is 1. The summed E-state index contributed by atoms with van der Waals surface area (Å²) in [6.07, 6.45) is 0. The summed E-state index contributed by atoms with van der Waals surface area (Å²) in [5.41, 5.74) is 5.13. The van der Waals surface area contributed by atoms with E-state index in [0.717, 1.165) is 4.47 Å². The first kappa shape index (κ1) is 10.3. The zero-order valence-electron chi connectivity index (χ0n) is 6.68. The smallest absolute Gasteiger partial charge is 0.145 e. The average molecular weight is 264 g/mol. The molecule has 0 atom stereocenters. The van der Waals surface area contributed by atoms with E-state index in [1.54, 1.807) is 12.1 Å². The van der Waals surface area contributed by atoms with E-state index in [1.807, 2.05) is 6.07 Å². The van der Waals surface area contributed by atoms with Gasteiger partial charge in [-0.3, -0.25) is 5.41 Å². The third kappa shape index (κ3) is 3.24. The fraction of sp³-hybridized carbons (Fsp3) is 0.125. The van der Waals surface area contributed by atoms with Crippen LogP contribution in [-0.4, -0.2) is 12.4 Å². The van der Waals surface area contributed by atoms with E-state index in [0.29, 0.717) is 10.8 Å². The Balaban J connectivity index is 2.75. The first-order chi connectivity index (χ1) is 6.09. The molecule has 0 aliphatic heterocycles. The molecule has 1 aromatic rings. The normalized spacial score (nSPS) is 9.69. The topological polar surface area (TPSA) is 59.1 Å². The number of halogens is 2. The van der Waals surface area contributed by atoms with E-state index in [4.69, 9.17) is 27.5 Å². The zero-order chi connectivity index (χ0) is 9.84. The highest BCUT2D eigenvalue weighted by atomic mass is 79.9.